The first-order valence-electron chi connectivity index (χ1n) is 5.10. The highest BCUT2D eigenvalue weighted by atomic mass is 35.5. The molecule has 0 bridgehead atoms. The topological polar surface area (TPSA) is 38.9 Å². The molecule has 0 saturated heterocycles. The molecule has 14 heavy (non-hydrogen) atoms. The predicted molar refractivity (Wildman–Crippen MR) is 58.4 cm³/mol. The summed E-state index contributed by atoms with van der Waals surface area (Å²) in [7, 11) is 0. The Morgan fingerprint density at radius 2 is 2.29 bits per heavy atom. The van der Waals surface area contributed by atoms with E-state index in [9.17, 15) is 0 Å². The lowest BCUT2D eigenvalue weighted by molar-refractivity contribution is 0.583. The first-order chi connectivity index (χ1) is 6.79. The average molecular weight is 211 g/mol. The van der Waals surface area contributed by atoms with Gasteiger partial charge < -0.3 is 5.73 Å². The van der Waals surface area contributed by atoms with Crippen LogP contribution in [0.15, 0.2) is 18.5 Å². The van der Waals surface area contributed by atoms with E-state index in [2.05, 4.69) is 4.98 Å². The van der Waals surface area contributed by atoms with Gasteiger partial charge in [-0.05, 0) is 36.4 Å². The van der Waals surface area contributed by atoms with Crippen molar-refractivity contribution in [2.75, 3.05) is 6.54 Å². The van der Waals surface area contributed by atoms with E-state index in [0.29, 0.717) is 17.5 Å². The van der Waals surface area contributed by atoms with E-state index >= 15 is 0 Å². The summed E-state index contributed by atoms with van der Waals surface area (Å²) in [4.78, 5) is 4.09. The third kappa shape index (κ3) is 2.46. The molecule has 1 aromatic rings. The molecule has 1 aliphatic carbocycles. The van der Waals surface area contributed by atoms with Crippen molar-refractivity contribution in [1.29, 1.82) is 0 Å². The molecule has 1 aliphatic rings. The van der Waals surface area contributed by atoms with Gasteiger partial charge in [-0.25, -0.2) is 0 Å². The van der Waals surface area contributed by atoms with Gasteiger partial charge >= 0.3 is 0 Å². The van der Waals surface area contributed by atoms with Gasteiger partial charge in [0.25, 0.3) is 0 Å². The Morgan fingerprint density at radius 3 is 2.86 bits per heavy atom. The second-order valence-electron chi connectivity index (χ2n) is 4.05. The zero-order valence-electron chi connectivity index (χ0n) is 8.12. The smallest absolute Gasteiger partial charge is 0.0592 e. The van der Waals surface area contributed by atoms with Crippen LogP contribution in [0.5, 0.6) is 0 Å². The number of nitrogens with zero attached hydrogens (tertiary/aromatic N) is 1. The second kappa shape index (κ2) is 4.28. The minimum Gasteiger partial charge on any atom is -0.330 e. The summed E-state index contributed by atoms with van der Waals surface area (Å²) in [6, 6.07) is 1.98. The van der Waals surface area contributed by atoms with E-state index in [1.54, 1.807) is 6.20 Å². The summed E-state index contributed by atoms with van der Waals surface area (Å²) in [5, 5.41) is 0.705. The standard InChI is InChI=1S/C11H15ClN2/c12-11-4-10(6-14-7-11)9(5-13)3-8-1-2-8/h4,6-9H,1-3,5,13H2/t9-/m1/s1. The molecule has 1 aromatic heterocycles. The Labute approximate surface area is 89.5 Å². The Balaban J connectivity index is 2.08. The first kappa shape index (κ1) is 9.94. The van der Waals surface area contributed by atoms with E-state index in [1.807, 2.05) is 12.3 Å². The van der Waals surface area contributed by atoms with Gasteiger partial charge in [0.2, 0.25) is 0 Å². The Morgan fingerprint density at radius 1 is 1.50 bits per heavy atom. The minimum absolute atomic E-state index is 0.439. The van der Waals surface area contributed by atoms with Gasteiger partial charge in [0.1, 0.15) is 0 Å². The van der Waals surface area contributed by atoms with Gasteiger partial charge in [-0.2, -0.15) is 0 Å². The van der Waals surface area contributed by atoms with E-state index in [4.69, 9.17) is 17.3 Å². The Hall–Kier alpha value is -0.600. The predicted octanol–water partition coefficient (Wildman–Crippen LogP) is 2.58. The van der Waals surface area contributed by atoms with Crippen LogP contribution in [0.25, 0.3) is 0 Å². The van der Waals surface area contributed by atoms with Crippen LogP contribution in [0.4, 0.5) is 0 Å². The van der Waals surface area contributed by atoms with Gasteiger partial charge in [0.15, 0.2) is 0 Å². The summed E-state index contributed by atoms with van der Waals surface area (Å²) in [5.74, 6) is 1.33. The van der Waals surface area contributed by atoms with Crippen molar-refractivity contribution in [3.05, 3.63) is 29.0 Å². The summed E-state index contributed by atoms with van der Waals surface area (Å²) in [5.41, 5.74) is 6.95. The summed E-state index contributed by atoms with van der Waals surface area (Å²) in [6.45, 7) is 0.693. The highest BCUT2D eigenvalue weighted by Gasteiger charge is 2.25. The fraction of sp³-hybridized carbons (Fsp3) is 0.545. The largest absolute Gasteiger partial charge is 0.330 e. The normalized spacial score (nSPS) is 18.1. The molecular weight excluding hydrogens is 196 g/mol. The number of hydrogen-bond donors (Lipinski definition) is 1. The first-order valence-corrected chi connectivity index (χ1v) is 5.48. The third-order valence-electron chi connectivity index (χ3n) is 2.80. The molecule has 0 amide bonds. The number of rotatable bonds is 4. The van der Waals surface area contributed by atoms with Crippen molar-refractivity contribution in [3.8, 4) is 0 Å². The number of hydrogen-bond acceptors (Lipinski definition) is 2. The summed E-state index contributed by atoms with van der Waals surface area (Å²) in [6.07, 6.45) is 7.47. The zero-order valence-corrected chi connectivity index (χ0v) is 8.87. The van der Waals surface area contributed by atoms with Crippen molar-refractivity contribution >= 4 is 11.6 Å². The van der Waals surface area contributed by atoms with Crippen LogP contribution in [0.2, 0.25) is 5.02 Å². The van der Waals surface area contributed by atoms with Crippen molar-refractivity contribution < 1.29 is 0 Å². The van der Waals surface area contributed by atoms with Crippen LogP contribution in [-0.4, -0.2) is 11.5 Å². The highest BCUT2D eigenvalue weighted by Crippen LogP contribution is 2.38. The molecule has 0 radical (unpaired) electrons. The fourth-order valence-corrected chi connectivity index (χ4v) is 1.96. The maximum Gasteiger partial charge on any atom is 0.0592 e. The summed E-state index contributed by atoms with van der Waals surface area (Å²) >= 11 is 5.89. The van der Waals surface area contributed by atoms with Gasteiger partial charge in [-0.3, -0.25) is 4.98 Å². The van der Waals surface area contributed by atoms with E-state index in [-0.39, 0.29) is 0 Å². The highest BCUT2D eigenvalue weighted by molar-refractivity contribution is 6.30. The minimum atomic E-state index is 0.439. The SMILES string of the molecule is NC[C@@H](CC1CC1)c1cncc(Cl)c1. The number of aromatic nitrogens is 1. The quantitative estimate of drug-likeness (QED) is 0.830. The van der Waals surface area contributed by atoms with Crippen molar-refractivity contribution in [1.82, 2.24) is 4.98 Å². The Kier molecular flexibility index (Phi) is 3.04. The molecular formula is C11H15ClN2. The molecule has 1 heterocycles. The second-order valence-corrected chi connectivity index (χ2v) is 4.48. The molecule has 76 valence electrons. The van der Waals surface area contributed by atoms with E-state index in [1.165, 1.54) is 24.8 Å². The molecule has 0 spiro atoms. The molecule has 0 unspecified atom stereocenters. The van der Waals surface area contributed by atoms with Crippen LogP contribution in [-0.2, 0) is 0 Å². The maximum atomic E-state index is 5.89. The zero-order chi connectivity index (χ0) is 9.97. The lowest BCUT2D eigenvalue weighted by atomic mass is 9.95. The van der Waals surface area contributed by atoms with Gasteiger partial charge in [-0.15, -0.1) is 0 Å². The number of halogens is 1. The molecule has 2 nitrogen and oxygen atoms in total. The van der Waals surface area contributed by atoms with E-state index in [0.717, 1.165) is 5.92 Å². The fourth-order valence-electron chi connectivity index (χ4n) is 1.78. The summed E-state index contributed by atoms with van der Waals surface area (Å²) < 4.78 is 0. The lowest BCUT2D eigenvalue weighted by Crippen LogP contribution is -2.13. The third-order valence-corrected chi connectivity index (χ3v) is 3.00. The monoisotopic (exact) mass is 210 g/mol. The molecule has 1 atom stereocenters. The van der Waals surface area contributed by atoms with Gasteiger partial charge in [0, 0.05) is 12.4 Å². The van der Waals surface area contributed by atoms with Gasteiger partial charge in [0.05, 0.1) is 5.02 Å². The molecule has 1 fully saturated rings. The molecule has 0 aliphatic heterocycles. The molecule has 1 saturated carbocycles. The average Bonchev–Trinajstić information content (AvgIpc) is 2.98. The van der Waals surface area contributed by atoms with Crippen molar-refractivity contribution in [2.24, 2.45) is 11.7 Å². The molecule has 2 rings (SSSR count). The van der Waals surface area contributed by atoms with Crippen molar-refractivity contribution in [2.45, 2.75) is 25.2 Å². The van der Waals surface area contributed by atoms with Crippen LogP contribution < -0.4 is 5.73 Å². The van der Waals surface area contributed by atoms with Crippen molar-refractivity contribution in [3.63, 3.8) is 0 Å². The van der Waals surface area contributed by atoms with Crippen LogP contribution >= 0.6 is 11.6 Å². The van der Waals surface area contributed by atoms with Crippen LogP contribution in [0.1, 0.15) is 30.7 Å². The van der Waals surface area contributed by atoms with Crippen LogP contribution in [0.3, 0.4) is 0 Å². The van der Waals surface area contributed by atoms with Gasteiger partial charge in [-0.1, -0.05) is 24.4 Å². The lowest BCUT2D eigenvalue weighted by Gasteiger charge is -2.14. The maximum absolute atomic E-state index is 5.89. The molecule has 0 aromatic carbocycles. The van der Waals surface area contributed by atoms with Crippen LogP contribution in [0, 0.1) is 5.92 Å². The number of pyridine rings is 1. The molecule has 3 heteroatoms. The molecule has 2 N–H and O–H groups in total. The number of nitrogens with two attached hydrogens (primary N) is 1. The Bertz CT molecular complexity index is 310. The van der Waals surface area contributed by atoms with E-state index < -0.39 is 0 Å².